The van der Waals surface area contributed by atoms with Gasteiger partial charge in [-0.15, -0.1) is 0 Å². The molecule has 1 aromatic rings. The van der Waals surface area contributed by atoms with E-state index in [0.29, 0.717) is 12.8 Å². The van der Waals surface area contributed by atoms with E-state index in [9.17, 15) is 29.7 Å². The van der Waals surface area contributed by atoms with Crippen molar-refractivity contribution in [3.8, 4) is 5.75 Å². The van der Waals surface area contributed by atoms with Crippen molar-refractivity contribution < 1.29 is 35.4 Å². The highest BCUT2D eigenvalue weighted by Crippen LogP contribution is 2.51. The van der Waals surface area contributed by atoms with E-state index in [4.69, 9.17) is 0 Å². The number of carbonyl (C=O) groups excluding carboxylic acids is 3. The third-order valence-electron chi connectivity index (χ3n) is 7.89. The van der Waals surface area contributed by atoms with Crippen LogP contribution in [-0.2, 0) is 20.8 Å². The van der Waals surface area contributed by atoms with Gasteiger partial charge in [0.25, 0.3) is 0 Å². The molecule has 35 heavy (non-hydrogen) atoms. The molecule has 3 aliphatic carbocycles. The van der Waals surface area contributed by atoms with Crippen LogP contribution in [0.5, 0.6) is 5.75 Å². The van der Waals surface area contributed by atoms with E-state index >= 15 is 0 Å². The molecule has 7 N–H and O–H groups in total. The van der Waals surface area contributed by atoms with E-state index in [1.807, 2.05) is 6.07 Å². The Kier molecular flexibility index (Phi) is 5.66. The molecule has 4 unspecified atom stereocenters. The molecule has 0 aromatic heterocycles. The standard InChI is InChI=1S/C26H29N3O6/c1-29(2)21-15-10-12-9-14-13(11-5-7-28-8-6-11)3-4-16(30)18(14)22(31)17(12)23(32)19(15)24(33)20(25(21)34)26(27)35/h3-5,12,15,19,21,28,30-31,34H,6-10H2,1-2H3,(H2,27,35)/p+1. The number of nitrogens with zero attached hydrogens (tertiary/aromatic N) is 1. The molecule has 0 saturated heterocycles. The predicted molar refractivity (Wildman–Crippen MR) is 127 cm³/mol. The molecule has 0 bridgehead atoms. The minimum Gasteiger partial charge on any atom is -0.509 e. The summed E-state index contributed by atoms with van der Waals surface area (Å²) in [5.74, 6) is -5.06. The fourth-order valence-corrected chi connectivity index (χ4v) is 6.47. The summed E-state index contributed by atoms with van der Waals surface area (Å²) in [6, 6.07) is 2.67. The van der Waals surface area contributed by atoms with Gasteiger partial charge in [0.2, 0.25) is 0 Å². The lowest BCUT2D eigenvalue weighted by atomic mass is 9.59. The van der Waals surface area contributed by atoms with Crippen LogP contribution < -0.4 is 11.1 Å². The fraction of sp³-hybridized carbons (Fsp3) is 0.423. The summed E-state index contributed by atoms with van der Waals surface area (Å²) in [5.41, 5.74) is 6.05. The van der Waals surface area contributed by atoms with Gasteiger partial charge in [0.1, 0.15) is 17.3 Å². The van der Waals surface area contributed by atoms with E-state index in [2.05, 4.69) is 17.1 Å². The van der Waals surface area contributed by atoms with Gasteiger partial charge < -0.3 is 20.6 Å². The number of quaternary nitrogens is 1. The summed E-state index contributed by atoms with van der Waals surface area (Å²) >= 11 is 0. The first kappa shape index (κ1) is 23.5. The number of likely N-dealkylation sites (N-methyl/N-ethyl adjacent to an activating group) is 1. The predicted octanol–water partition coefficient (Wildman–Crippen LogP) is 0.509. The van der Waals surface area contributed by atoms with Gasteiger partial charge in [-0.25, -0.2) is 4.79 Å². The number of hydrogen-bond donors (Lipinski definition) is 5. The van der Waals surface area contributed by atoms with Crippen molar-refractivity contribution in [2.24, 2.45) is 17.8 Å². The van der Waals surface area contributed by atoms with Crippen molar-refractivity contribution in [3.05, 3.63) is 51.8 Å². The lowest BCUT2D eigenvalue weighted by molar-refractivity contribution is -0.299. The number of allylic oxidation sites excluding steroid dienone is 1. The van der Waals surface area contributed by atoms with Gasteiger partial charge >= 0.3 is 5.91 Å². The number of Topliss-reactive ketones (excluding diaryl/α,β-unsaturated/α-hetero) is 2. The molecule has 0 spiro atoms. The quantitative estimate of drug-likeness (QED) is 0.310. The summed E-state index contributed by atoms with van der Waals surface area (Å²) in [5, 5.41) is 36.1. The number of aromatic hydroxyl groups is 1. The number of ketones is 2. The number of benzene rings is 1. The maximum Gasteiger partial charge on any atom is 0.348 e. The number of aliphatic hydroxyl groups excluding tert-OH is 2. The number of rotatable bonds is 3. The minimum atomic E-state index is -1.20. The molecular formula is C26H30N3O6+. The van der Waals surface area contributed by atoms with Gasteiger partial charge in [-0.1, -0.05) is 12.1 Å². The van der Waals surface area contributed by atoms with Crippen molar-refractivity contribution >= 4 is 28.8 Å². The van der Waals surface area contributed by atoms with Crippen LogP contribution in [0.1, 0.15) is 29.5 Å². The molecule has 9 nitrogen and oxygen atoms in total. The number of phenols is 1. The van der Waals surface area contributed by atoms with E-state index < -0.39 is 40.9 Å². The summed E-state index contributed by atoms with van der Waals surface area (Å²) in [6.45, 7) is 1.56. The van der Waals surface area contributed by atoms with E-state index in [-0.39, 0.29) is 34.3 Å². The zero-order valence-electron chi connectivity index (χ0n) is 19.8. The highest BCUT2D eigenvalue weighted by atomic mass is 16.3. The van der Waals surface area contributed by atoms with Crippen LogP contribution in [0.3, 0.4) is 0 Å². The molecule has 1 amide bonds. The highest BCUT2D eigenvalue weighted by molar-refractivity contribution is 6.27. The summed E-state index contributed by atoms with van der Waals surface area (Å²) in [7, 11) is 3.45. The molecule has 9 heteroatoms. The Morgan fingerprint density at radius 2 is 1.89 bits per heavy atom. The monoisotopic (exact) mass is 480 g/mol. The maximum absolute atomic E-state index is 13.8. The van der Waals surface area contributed by atoms with Crippen LogP contribution in [-0.4, -0.2) is 70.9 Å². The van der Waals surface area contributed by atoms with Crippen molar-refractivity contribution in [2.45, 2.75) is 25.3 Å². The first-order valence-corrected chi connectivity index (χ1v) is 11.9. The van der Waals surface area contributed by atoms with E-state index in [1.165, 1.54) is 6.07 Å². The van der Waals surface area contributed by atoms with Crippen LogP contribution >= 0.6 is 0 Å². The fourth-order valence-electron chi connectivity index (χ4n) is 6.47. The molecule has 1 aromatic carbocycles. The Bertz CT molecular complexity index is 1260. The average molecular weight is 481 g/mol. The normalized spacial score (nSPS) is 28.5. The van der Waals surface area contributed by atoms with Crippen molar-refractivity contribution in [3.63, 3.8) is 0 Å². The van der Waals surface area contributed by atoms with Gasteiger partial charge in [-0.2, -0.15) is 0 Å². The molecule has 5 rings (SSSR count). The van der Waals surface area contributed by atoms with Gasteiger partial charge in [0, 0.05) is 12.1 Å². The second kappa shape index (κ2) is 8.44. The van der Waals surface area contributed by atoms with Gasteiger partial charge in [0.15, 0.2) is 17.1 Å². The Morgan fingerprint density at radius 3 is 2.51 bits per heavy atom. The summed E-state index contributed by atoms with van der Waals surface area (Å²) < 4.78 is 0. The van der Waals surface area contributed by atoms with Crippen LogP contribution in [0, 0.1) is 17.8 Å². The number of carbonyl (C=O) groups is 3. The van der Waals surface area contributed by atoms with Crippen molar-refractivity contribution in [2.75, 3.05) is 27.2 Å². The molecule has 1 fully saturated rings. The van der Waals surface area contributed by atoms with Crippen LogP contribution in [0.2, 0.25) is 0 Å². The molecule has 184 valence electrons. The Morgan fingerprint density at radius 1 is 1.14 bits per heavy atom. The zero-order valence-corrected chi connectivity index (χ0v) is 19.8. The molecule has 1 heterocycles. The average Bonchev–Trinajstić information content (AvgIpc) is 2.78. The minimum absolute atomic E-state index is 0.119. The lowest BCUT2D eigenvalue weighted by Gasteiger charge is -2.46. The molecule has 1 saturated carbocycles. The first-order valence-electron chi connectivity index (χ1n) is 11.9. The largest absolute Gasteiger partial charge is 0.509 e. The smallest absolute Gasteiger partial charge is 0.348 e. The third kappa shape index (κ3) is 3.45. The Hall–Kier alpha value is -3.27. The van der Waals surface area contributed by atoms with E-state index in [0.717, 1.165) is 36.2 Å². The second-order valence-electron chi connectivity index (χ2n) is 10.0. The van der Waals surface area contributed by atoms with Gasteiger partial charge in [-0.05, 0) is 74.5 Å². The summed E-state index contributed by atoms with van der Waals surface area (Å²) in [4.78, 5) is 40.9. The lowest BCUT2D eigenvalue weighted by Crippen LogP contribution is -2.63. The van der Waals surface area contributed by atoms with Crippen molar-refractivity contribution in [1.82, 2.24) is 10.2 Å². The second-order valence-corrected chi connectivity index (χ2v) is 10.0. The van der Waals surface area contributed by atoms with Gasteiger partial charge in [-0.3, -0.25) is 20.2 Å². The number of nitrogens with one attached hydrogen (secondary N) is 1. The Labute approximate surface area is 202 Å². The number of fused-ring (bicyclic) bond motifs is 3. The third-order valence-corrected chi connectivity index (χ3v) is 7.89. The zero-order chi connectivity index (χ0) is 25.2. The molecular weight excluding hydrogens is 450 g/mol. The molecule has 0 radical (unpaired) electrons. The maximum atomic E-state index is 13.8. The number of aliphatic hydroxyl groups is 2. The van der Waals surface area contributed by atoms with Crippen LogP contribution in [0.15, 0.2) is 35.1 Å². The number of amides is 1. The summed E-state index contributed by atoms with van der Waals surface area (Å²) in [6.07, 6.45) is 3.68. The molecule has 1 aliphatic heterocycles. The number of phenolic OH excluding ortho intramolecular Hbond substituents is 1. The topological polar surface area (TPSA) is 155 Å². The van der Waals surface area contributed by atoms with Crippen LogP contribution in [0.25, 0.3) is 11.3 Å². The molecule has 4 aliphatic rings. The van der Waals surface area contributed by atoms with Gasteiger partial charge in [0.05, 0.1) is 17.5 Å². The van der Waals surface area contributed by atoms with Crippen molar-refractivity contribution in [1.29, 1.82) is 0 Å². The SMILES string of the molecule is CN(C)C1C(O)=C(C([NH3+])=O)C(=O)C2C(=O)C3=C(O)c4c(O)ccc(C5=CCNCC5)c4CC3CC21. The number of hydrogen-bond acceptors (Lipinski definition) is 8. The Balaban J connectivity index is 1.66. The first-order chi connectivity index (χ1) is 16.6. The highest BCUT2D eigenvalue weighted by Gasteiger charge is 2.56. The molecule has 4 atom stereocenters. The van der Waals surface area contributed by atoms with Crippen LogP contribution in [0.4, 0.5) is 0 Å². The van der Waals surface area contributed by atoms with E-state index in [1.54, 1.807) is 19.0 Å².